The van der Waals surface area contributed by atoms with Gasteiger partial charge in [-0.25, -0.2) is 0 Å². The molecule has 0 aromatic rings. The van der Waals surface area contributed by atoms with E-state index in [2.05, 4.69) is 83.1 Å². The lowest BCUT2D eigenvalue weighted by Crippen LogP contribution is -2.56. The summed E-state index contributed by atoms with van der Waals surface area (Å²) in [7, 11) is -2.22. The van der Waals surface area contributed by atoms with Gasteiger partial charge in [0.15, 0.2) is 0 Å². The van der Waals surface area contributed by atoms with Crippen molar-refractivity contribution < 1.29 is 26.6 Å². The molecule has 0 rings (SSSR count). The largest absolute Gasteiger partial charge is 0.462 e. The van der Waals surface area contributed by atoms with Crippen LogP contribution in [0.25, 0.3) is 0 Å². The van der Waals surface area contributed by atoms with Gasteiger partial charge in [-0.3, -0.25) is 0 Å². The quantitative estimate of drug-likeness (QED) is 0.0816. The van der Waals surface area contributed by atoms with Gasteiger partial charge >= 0.3 is 16.6 Å². The third-order valence-corrected chi connectivity index (χ3v) is 23.8. The van der Waals surface area contributed by atoms with Crippen molar-refractivity contribution in [3.05, 3.63) is 0 Å². The van der Waals surface area contributed by atoms with Gasteiger partial charge in [-0.1, -0.05) is 33.7 Å². The highest BCUT2D eigenvalue weighted by atomic mass is 33.1. The van der Waals surface area contributed by atoms with Crippen LogP contribution in [0, 0.1) is 0 Å². The monoisotopic (exact) mass is 618 g/mol. The highest BCUT2D eigenvalue weighted by Gasteiger charge is 2.44. The zero-order valence-electron chi connectivity index (χ0n) is 25.4. The van der Waals surface area contributed by atoms with E-state index in [0.29, 0.717) is 0 Å². The fraction of sp³-hybridized carbons (Fsp3) is 1.00. The van der Waals surface area contributed by atoms with Crippen molar-refractivity contribution in [1.29, 1.82) is 0 Å². The maximum atomic E-state index is 6.35. The van der Waals surface area contributed by atoms with Gasteiger partial charge in [-0.15, -0.1) is 0 Å². The smallest absolute Gasteiger partial charge is 0.374 e. The van der Waals surface area contributed by atoms with E-state index in [0.717, 1.165) is 0 Å². The first-order valence-corrected chi connectivity index (χ1v) is 26.6. The van der Waals surface area contributed by atoms with Gasteiger partial charge in [0, 0.05) is 48.1 Å². The van der Waals surface area contributed by atoms with Crippen molar-refractivity contribution in [3.8, 4) is 0 Å². The third-order valence-electron chi connectivity index (χ3n) is 4.50. The Kier molecular flexibility index (Phi) is 21.0. The molecule has 0 aliphatic rings. The van der Waals surface area contributed by atoms with Crippen LogP contribution in [0.5, 0.6) is 0 Å². The van der Waals surface area contributed by atoms with Crippen LogP contribution in [0.2, 0.25) is 12.1 Å². The van der Waals surface area contributed by atoms with E-state index < -0.39 is 34.7 Å². The molecule has 0 unspecified atom stereocenters. The average Bonchev–Trinajstić information content (AvgIpc) is 2.65. The van der Waals surface area contributed by atoms with Gasteiger partial charge in [-0.2, -0.15) is 0 Å². The summed E-state index contributed by atoms with van der Waals surface area (Å²) < 4.78 is 38.1. The summed E-state index contributed by atoms with van der Waals surface area (Å²) in [6, 6.07) is 2.41. The second-order valence-corrected chi connectivity index (χ2v) is 28.4. The second-order valence-electron chi connectivity index (χ2n) is 10.9. The summed E-state index contributed by atoms with van der Waals surface area (Å²) >= 11 is 0. The molecule has 0 aromatic carbocycles. The lowest BCUT2D eigenvalue weighted by molar-refractivity contribution is 0.0202. The van der Waals surface area contributed by atoms with Crippen LogP contribution in [0.4, 0.5) is 0 Å². The second kappa shape index (κ2) is 20.2. The number of hydrogen-bond donors (Lipinski definition) is 0. The lowest BCUT2D eigenvalue weighted by Gasteiger charge is -2.35. The number of hydrogen-bond acceptors (Lipinski definition) is 8. The van der Waals surface area contributed by atoms with Crippen LogP contribution >= 0.6 is 21.6 Å². The maximum Gasteiger partial charge on any atom is 0.462 e. The van der Waals surface area contributed by atoms with Gasteiger partial charge in [0.2, 0.25) is 0 Å². The molecule has 0 heterocycles. The molecule has 6 nitrogen and oxygen atoms in total. The van der Waals surface area contributed by atoms with Crippen molar-refractivity contribution >= 4 is 56.3 Å². The van der Waals surface area contributed by atoms with Crippen molar-refractivity contribution in [1.82, 2.24) is 0 Å². The summed E-state index contributed by atoms with van der Waals surface area (Å²) in [5.41, 5.74) is 0. The van der Waals surface area contributed by atoms with E-state index >= 15 is 0 Å². The fourth-order valence-electron chi connectivity index (χ4n) is 3.80. The summed E-state index contributed by atoms with van der Waals surface area (Å²) in [6.07, 6.45) is 3.25. The summed E-state index contributed by atoms with van der Waals surface area (Å²) in [5.74, 6) is 2.35. The molecule has 0 aliphatic carbocycles. The van der Waals surface area contributed by atoms with Gasteiger partial charge in [0.1, 0.15) is 18.1 Å². The Morgan fingerprint density at radius 1 is 0.444 bits per heavy atom. The molecular weight excluding hydrogens is 561 g/mol. The van der Waals surface area contributed by atoms with Crippen molar-refractivity contribution in [3.63, 3.8) is 0 Å². The lowest BCUT2D eigenvalue weighted by atomic mass is 10.5. The van der Waals surface area contributed by atoms with E-state index in [9.17, 15) is 0 Å². The average molecular weight is 619 g/mol. The highest BCUT2D eigenvalue weighted by molar-refractivity contribution is 8.76. The molecule has 36 heavy (non-hydrogen) atoms. The summed E-state index contributed by atoms with van der Waals surface area (Å²) in [6.45, 7) is 25.1. The van der Waals surface area contributed by atoms with Gasteiger partial charge in [0.05, 0.1) is 0 Å². The SMILES string of the molecule is CC(C)O[Si](OC(C)C)(OC(C)C)[SiH2]CCCSSCCC[SiH2][Si](OC(C)C)(OC(C)C)OC(C)C. The van der Waals surface area contributed by atoms with Crippen LogP contribution in [0.15, 0.2) is 0 Å². The topological polar surface area (TPSA) is 55.4 Å². The van der Waals surface area contributed by atoms with Crippen molar-refractivity contribution in [2.45, 2.75) is 145 Å². The van der Waals surface area contributed by atoms with E-state index in [1.165, 1.54) is 36.4 Å². The zero-order chi connectivity index (χ0) is 27.8. The predicted octanol–water partition coefficient (Wildman–Crippen LogP) is 5.74. The molecule has 0 spiro atoms. The Morgan fingerprint density at radius 2 is 0.667 bits per heavy atom. The number of rotatable bonds is 23. The van der Waals surface area contributed by atoms with Crippen LogP contribution in [0.1, 0.15) is 95.9 Å². The van der Waals surface area contributed by atoms with Gasteiger partial charge in [-0.05, 0) is 95.9 Å². The first kappa shape index (κ1) is 37.3. The van der Waals surface area contributed by atoms with Crippen LogP contribution < -0.4 is 0 Å². The molecule has 0 saturated heterocycles. The summed E-state index contributed by atoms with van der Waals surface area (Å²) in [4.78, 5) is 0. The molecule has 0 fully saturated rings. The fourth-order valence-corrected chi connectivity index (χ4v) is 26.3. The predicted molar refractivity (Wildman–Crippen MR) is 170 cm³/mol. The molecule has 0 saturated carbocycles. The van der Waals surface area contributed by atoms with Crippen molar-refractivity contribution in [2.24, 2.45) is 0 Å². The van der Waals surface area contributed by atoms with Gasteiger partial charge in [0.25, 0.3) is 0 Å². The van der Waals surface area contributed by atoms with E-state index in [1.54, 1.807) is 0 Å². The Morgan fingerprint density at radius 3 is 0.861 bits per heavy atom. The molecule has 0 N–H and O–H groups in total. The molecule has 0 radical (unpaired) electrons. The molecule has 12 heteroatoms. The Labute approximate surface area is 238 Å². The normalized spacial score (nSPS) is 14.2. The Balaban J connectivity index is 4.45. The minimum atomic E-state index is -2.53. The van der Waals surface area contributed by atoms with Gasteiger partial charge < -0.3 is 26.6 Å². The van der Waals surface area contributed by atoms with E-state index in [-0.39, 0.29) is 36.6 Å². The highest BCUT2D eigenvalue weighted by Crippen LogP contribution is 2.26. The molecule has 218 valence electrons. The molecule has 0 aromatic heterocycles. The standard InChI is InChI=1S/C24H58O6S2Si4/c1-19(2)25-35(26-20(3)4,27-21(5)6)33-17-13-15-31-32-16-14-18-34-36(28-22(7)8,29-23(9)10)30-24(11)12/h19-24H,13-18,33-34H2,1-12H3. The van der Waals surface area contributed by atoms with Crippen LogP contribution in [0.3, 0.4) is 0 Å². The minimum absolute atomic E-state index is 0.139. The van der Waals surface area contributed by atoms with E-state index in [1.807, 2.05) is 21.6 Å². The molecule has 0 atom stereocenters. The first-order valence-electron chi connectivity index (χ1n) is 14.0. The Bertz CT molecular complexity index is 444. The zero-order valence-corrected chi connectivity index (χ0v) is 31.8. The molecule has 0 amide bonds. The third kappa shape index (κ3) is 19.4. The molecule has 0 aliphatic heterocycles. The first-order chi connectivity index (χ1) is 16.7. The maximum absolute atomic E-state index is 6.35. The molecular formula is C24H58O6S2Si4. The molecule has 0 bridgehead atoms. The summed E-state index contributed by atoms with van der Waals surface area (Å²) in [5, 5.41) is 0. The minimum Gasteiger partial charge on any atom is -0.374 e. The Hall–Kier alpha value is 1.33. The van der Waals surface area contributed by atoms with Crippen LogP contribution in [-0.2, 0) is 26.6 Å². The van der Waals surface area contributed by atoms with Crippen LogP contribution in [-0.4, -0.2) is 82.8 Å². The van der Waals surface area contributed by atoms with Crippen molar-refractivity contribution in [2.75, 3.05) is 11.5 Å². The van der Waals surface area contributed by atoms with E-state index in [4.69, 9.17) is 26.6 Å².